The van der Waals surface area contributed by atoms with Crippen molar-refractivity contribution in [2.45, 2.75) is 40.0 Å². The first-order valence-corrected chi connectivity index (χ1v) is 4.65. The van der Waals surface area contributed by atoms with Crippen molar-refractivity contribution in [3.8, 4) is 0 Å². The predicted molar refractivity (Wildman–Crippen MR) is 50.3 cm³/mol. The van der Waals surface area contributed by atoms with Gasteiger partial charge in [-0.25, -0.2) is 4.99 Å². The molecule has 0 N–H and O–H groups in total. The van der Waals surface area contributed by atoms with Crippen LogP contribution in [0.2, 0.25) is 0 Å². The van der Waals surface area contributed by atoms with Gasteiger partial charge in [0.2, 0.25) is 5.91 Å². The first-order valence-electron chi connectivity index (χ1n) is 4.65. The monoisotopic (exact) mass is 167 g/mol. The molecule has 1 amide bonds. The van der Waals surface area contributed by atoms with Gasteiger partial charge in [0.1, 0.15) is 0 Å². The molecule has 0 aromatic carbocycles. The summed E-state index contributed by atoms with van der Waals surface area (Å²) in [5.74, 6) is 1.03. The van der Waals surface area contributed by atoms with Crippen LogP contribution in [0.1, 0.15) is 40.0 Å². The fourth-order valence-electron chi connectivity index (χ4n) is 1.74. The number of rotatable bonds is 1. The van der Waals surface area contributed by atoms with Crippen molar-refractivity contribution in [3.63, 3.8) is 0 Å². The summed E-state index contributed by atoms with van der Waals surface area (Å²) >= 11 is 0. The highest BCUT2D eigenvalue weighted by Gasteiger charge is 2.26. The lowest BCUT2D eigenvalue weighted by atomic mass is 10.1. The lowest BCUT2D eigenvalue weighted by Gasteiger charge is -2.03. The van der Waals surface area contributed by atoms with Crippen molar-refractivity contribution in [3.05, 3.63) is 0 Å². The largest absolute Gasteiger partial charge is 0.272 e. The Labute approximate surface area is 74.1 Å². The summed E-state index contributed by atoms with van der Waals surface area (Å²) < 4.78 is 0. The zero-order valence-electron chi connectivity index (χ0n) is 8.13. The summed E-state index contributed by atoms with van der Waals surface area (Å²) in [5.41, 5.74) is 0.875. The van der Waals surface area contributed by atoms with E-state index in [0.29, 0.717) is 5.92 Å². The van der Waals surface area contributed by atoms with Gasteiger partial charge in [0.05, 0.1) is 0 Å². The number of nitrogens with zero attached hydrogens (tertiary/aromatic N) is 1. The minimum atomic E-state index is 0.0966. The van der Waals surface area contributed by atoms with Gasteiger partial charge in [0, 0.05) is 11.6 Å². The Morgan fingerprint density at radius 3 is 2.42 bits per heavy atom. The number of hydrogen-bond acceptors (Lipinski definition) is 1. The Bertz CT molecular complexity index is 204. The fraction of sp³-hybridized carbons (Fsp3) is 0.800. The summed E-state index contributed by atoms with van der Waals surface area (Å²) in [6, 6.07) is 0. The van der Waals surface area contributed by atoms with E-state index in [4.69, 9.17) is 0 Å². The van der Waals surface area contributed by atoms with Gasteiger partial charge in [-0.1, -0.05) is 6.92 Å². The van der Waals surface area contributed by atoms with E-state index < -0.39 is 0 Å². The van der Waals surface area contributed by atoms with Crippen molar-refractivity contribution in [2.24, 2.45) is 16.8 Å². The molecule has 0 spiro atoms. The number of aliphatic imine (C=N–C) groups is 1. The third-order valence-electron chi connectivity index (χ3n) is 2.38. The Kier molecular flexibility index (Phi) is 3.01. The number of carbonyl (C=O) groups is 1. The molecule has 1 aliphatic rings. The third kappa shape index (κ3) is 2.43. The molecule has 1 aliphatic carbocycles. The second kappa shape index (κ2) is 3.83. The van der Waals surface area contributed by atoms with E-state index >= 15 is 0 Å². The van der Waals surface area contributed by atoms with Gasteiger partial charge in [-0.15, -0.1) is 0 Å². The van der Waals surface area contributed by atoms with Gasteiger partial charge in [0.15, 0.2) is 0 Å². The number of carbonyl (C=O) groups excluding carboxylic acids is 1. The molecule has 0 aromatic rings. The molecule has 2 nitrogen and oxygen atoms in total. The van der Waals surface area contributed by atoms with Gasteiger partial charge in [-0.3, -0.25) is 4.79 Å². The van der Waals surface area contributed by atoms with Crippen LogP contribution in [0.5, 0.6) is 0 Å². The summed E-state index contributed by atoms with van der Waals surface area (Å²) in [4.78, 5) is 15.4. The van der Waals surface area contributed by atoms with Crippen LogP contribution in [0.4, 0.5) is 0 Å². The number of hydrogen-bond donors (Lipinski definition) is 0. The highest BCUT2D eigenvalue weighted by atomic mass is 16.1. The molecule has 0 saturated heterocycles. The Hall–Kier alpha value is -0.660. The third-order valence-corrected chi connectivity index (χ3v) is 2.38. The highest BCUT2D eigenvalue weighted by molar-refractivity contribution is 5.94. The topological polar surface area (TPSA) is 29.4 Å². The van der Waals surface area contributed by atoms with Crippen LogP contribution >= 0.6 is 0 Å². The molecule has 2 atom stereocenters. The molecule has 68 valence electrons. The summed E-state index contributed by atoms with van der Waals surface area (Å²) in [5, 5.41) is 0. The molecule has 12 heavy (non-hydrogen) atoms. The smallest absolute Gasteiger partial charge is 0.248 e. The molecule has 1 rings (SSSR count). The van der Waals surface area contributed by atoms with E-state index in [1.807, 2.05) is 13.8 Å². The van der Waals surface area contributed by atoms with Crippen LogP contribution in [-0.4, -0.2) is 11.6 Å². The minimum Gasteiger partial charge on any atom is -0.272 e. The van der Waals surface area contributed by atoms with Crippen LogP contribution < -0.4 is 0 Å². The van der Waals surface area contributed by atoms with E-state index in [9.17, 15) is 4.79 Å². The van der Waals surface area contributed by atoms with Crippen LogP contribution in [0, 0.1) is 11.8 Å². The van der Waals surface area contributed by atoms with Crippen LogP contribution in [0.3, 0.4) is 0 Å². The van der Waals surface area contributed by atoms with Crippen molar-refractivity contribution in [2.75, 3.05) is 0 Å². The van der Waals surface area contributed by atoms with Gasteiger partial charge >= 0.3 is 0 Å². The lowest BCUT2D eigenvalue weighted by Crippen LogP contribution is -2.09. The Morgan fingerprint density at radius 2 is 2.00 bits per heavy atom. The maximum Gasteiger partial charge on any atom is 0.248 e. The van der Waals surface area contributed by atoms with Crippen LogP contribution in [-0.2, 0) is 4.79 Å². The van der Waals surface area contributed by atoms with Crippen LogP contribution in [0.25, 0.3) is 0 Å². The normalized spacial score (nSPS) is 28.6. The fourth-order valence-corrected chi connectivity index (χ4v) is 1.74. The lowest BCUT2D eigenvalue weighted by molar-refractivity contribution is -0.121. The first-order chi connectivity index (χ1) is 5.59. The molecule has 0 radical (unpaired) electrons. The van der Waals surface area contributed by atoms with E-state index in [0.717, 1.165) is 18.6 Å². The predicted octanol–water partition coefficient (Wildman–Crippen LogP) is 2.43. The van der Waals surface area contributed by atoms with E-state index in [2.05, 4.69) is 11.9 Å². The average Bonchev–Trinajstić information content (AvgIpc) is 2.34. The summed E-state index contributed by atoms with van der Waals surface area (Å²) in [6.07, 6.45) is 3.26. The molecule has 1 saturated carbocycles. The zero-order chi connectivity index (χ0) is 9.14. The van der Waals surface area contributed by atoms with Gasteiger partial charge < -0.3 is 0 Å². The molecule has 0 unspecified atom stereocenters. The van der Waals surface area contributed by atoms with E-state index in [-0.39, 0.29) is 11.8 Å². The zero-order valence-corrected chi connectivity index (χ0v) is 8.13. The minimum absolute atomic E-state index is 0.0966. The standard InChI is InChI=1S/C10H17NO/c1-7(2)11-10(12)9-5-4-8(3)6-9/h8-9H,4-6H2,1-3H3/t8-,9+/m1/s1. The van der Waals surface area contributed by atoms with Crippen molar-refractivity contribution >= 4 is 11.6 Å². The quantitative estimate of drug-likeness (QED) is 0.551. The maximum atomic E-state index is 11.4. The summed E-state index contributed by atoms with van der Waals surface area (Å²) in [7, 11) is 0. The molecule has 0 aromatic heterocycles. The van der Waals surface area contributed by atoms with Crippen molar-refractivity contribution in [1.82, 2.24) is 0 Å². The van der Waals surface area contributed by atoms with Crippen molar-refractivity contribution < 1.29 is 4.79 Å². The molecule has 0 aliphatic heterocycles. The molecular formula is C10H17NO. The number of amides is 1. The molecule has 2 heteroatoms. The summed E-state index contributed by atoms with van der Waals surface area (Å²) in [6.45, 7) is 5.95. The maximum absolute atomic E-state index is 11.4. The van der Waals surface area contributed by atoms with Crippen molar-refractivity contribution in [1.29, 1.82) is 0 Å². The Morgan fingerprint density at radius 1 is 1.33 bits per heavy atom. The molecule has 0 heterocycles. The average molecular weight is 167 g/mol. The Balaban J connectivity index is 2.49. The molecule has 1 fully saturated rings. The van der Waals surface area contributed by atoms with E-state index in [1.165, 1.54) is 6.42 Å². The van der Waals surface area contributed by atoms with Crippen LogP contribution in [0.15, 0.2) is 4.99 Å². The molecular weight excluding hydrogens is 150 g/mol. The first kappa shape index (κ1) is 9.43. The second-order valence-corrected chi connectivity index (χ2v) is 4.01. The van der Waals surface area contributed by atoms with Gasteiger partial charge in [-0.05, 0) is 39.0 Å². The molecule has 0 bridgehead atoms. The van der Waals surface area contributed by atoms with Gasteiger partial charge in [0.25, 0.3) is 0 Å². The second-order valence-electron chi connectivity index (χ2n) is 4.01. The highest BCUT2D eigenvalue weighted by Crippen LogP contribution is 2.31. The van der Waals surface area contributed by atoms with Gasteiger partial charge in [-0.2, -0.15) is 0 Å². The van der Waals surface area contributed by atoms with E-state index in [1.54, 1.807) is 0 Å². The SMILES string of the molecule is CC(C)=NC(=O)[C@H]1CC[C@@H](C)C1.